The monoisotopic (exact) mass is 570 g/mol. The van der Waals surface area contributed by atoms with Crippen LogP contribution in [0.5, 0.6) is 0 Å². The van der Waals surface area contributed by atoms with Gasteiger partial charge < -0.3 is 4.42 Å². The van der Waals surface area contributed by atoms with E-state index in [2.05, 4.69) is 158 Å². The van der Waals surface area contributed by atoms with Gasteiger partial charge in [0, 0.05) is 16.2 Å². The maximum absolute atomic E-state index is 6.63. The Morgan fingerprint density at radius 1 is 0.333 bits per heavy atom. The van der Waals surface area contributed by atoms with Crippen LogP contribution in [0.3, 0.4) is 0 Å². The Balaban J connectivity index is 1.31. The zero-order valence-corrected chi connectivity index (χ0v) is 24.4. The minimum absolute atomic E-state index is 0.914. The summed E-state index contributed by atoms with van der Waals surface area (Å²) in [4.78, 5) is 0. The van der Waals surface area contributed by atoms with E-state index < -0.39 is 0 Å². The Morgan fingerprint density at radius 3 is 1.60 bits per heavy atom. The van der Waals surface area contributed by atoms with Crippen LogP contribution >= 0.6 is 0 Å². The Morgan fingerprint density at radius 2 is 0.867 bits per heavy atom. The minimum Gasteiger partial charge on any atom is -0.455 e. The van der Waals surface area contributed by atoms with Crippen molar-refractivity contribution in [2.24, 2.45) is 0 Å². The van der Waals surface area contributed by atoms with E-state index in [0.717, 1.165) is 32.9 Å². The van der Waals surface area contributed by atoms with Crippen LogP contribution in [0, 0.1) is 0 Å². The molecule has 0 aliphatic rings. The molecule has 10 rings (SSSR count). The molecule has 45 heavy (non-hydrogen) atoms. The molecule has 0 saturated carbocycles. The van der Waals surface area contributed by atoms with Crippen LogP contribution in [0.1, 0.15) is 0 Å². The molecule has 0 bridgehead atoms. The number of fused-ring (bicyclic) bond motifs is 10. The summed E-state index contributed by atoms with van der Waals surface area (Å²) in [5, 5.41) is 14.7. The predicted molar refractivity (Wildman–Crippen MR) is 192 cm³/mol. The van der Waals surface area contributed by atoms with Crippen LogP contribution in [-0.2, 0) is 0 Å². The molecule has 208 valence electrons. The summed E-state index contributed by atoms with van der Waals surface area (Å²) in [5.41, 5.74) is 6.81. The summed E-state index contributed by atoms with van der Waals surface area (Å²) in [6, 6.07) is 57.3. The van der Waals surface area contributed by atoms with E-state index in [1.54, 1.807) is 0 Å². The van der Waals surface area contributed by atoms with Crippen molar-refractivity contribution in [1.29, 1.82) is 0 Å². The molecule has 0 aliphatic carbocycles. The van der Waals surface area contributed by atoms with Crippen molar-refractivity contribution in [3.8, 4) is 22.3 Å². The van der Waals surface area contributed by atoms with E-state index in [-0.39, 0.29) is 0 Å². The van der Waals surface area contributed by atoms with Gasteiger partial charge in [-0.25, -0.2) is 0 Å². The number of hydrogen-bond donors (Lipinski definition) is 0. The second-order valence-corrected chi connectivity index (χ2v) is 12.0. The molecule has 0 aliphatic heterocycles. The predicted octanol–water partition coefficient (Wildman–Crippen LogP) is 12.7. The van der Waals surface area contributed by atoms with Gasteiger partial charge in [0.05, 0.1) is 0 Å². The van der Waals surface area contributed by atoms with E-state index in [4.69, 9.17) is 4.42 Å². The Kier molecular flexibility index (Phi) is 5.06. The summed E-state index contributed by atoms with van der Waals surface area (Å²) >= 11 is 0. The third-order valence-corrected chi connectivity index (χ3v) is 9.62. The lowest BCUT2D eigenvalue weighted by Gasteiger charge is -2.19. The van der Waals surface area contributed by atoms with Gasteiger partial charge in [-0.3, -0.25) is 0 Å². The van der Waals surface area contributed by atoms with Gasteiger partial charge in [-0.1, -0.05) is 140 Å². The lowest BCUT2D eigenvalue weighted by molar-refractivity contribution is 0.673. The highest BCUT2D eigenvalue weighted by Crippen LogP contribution is 2.47. The van der Waals surface area contributed by atoms with Crippen LogP contribution in [-0.4, -0.2) is 0 Å². The number of furan rings is 1. The van der Waals surface area contributed by atoms with E-state index in [1.807, 2.05) is 0 Å². The quantitative estimate of drug-likeness (QED) is 0.149. The topological polar surface area (TPSA) is 13.1 Å². The lowest BCUT2D eigenvalue weighted by Crippen LogP contribution is -1.92. The number of hydrogen-bond acceptors (Lipinski definition) is 1. The van der Waals surface area contributed by atoms with Gasteiger partial charge in [0.1, 0.15) is 11.2 Å². The number of rotatable bonds is 2. The molecule has 0 radical (unpaired) electrons. The Bertz CT molecular complexity index is 2760. The van der Waals surface area contributed by atoms with Crippen molar-refractivity contribution in [1.82, 2.24) is 0 Å². The van der Waals surface area contributed by atoms with Gasteiger partial charge in [-0.05, 0) is 88.9 Å². The Labute approximate surface area is 259 Å². The first kappa shape index (κ1) is 24.5. The van der Waals surface area contributed by atoms with Crippen molar-refractivity contribution in [3.63, 3.8) is 0 Å². The largest absolute Gasteiger partial charge is 0.455 e. The van der Waals surface area contributed by atoms with Crippen LogP contribution in [0.15, 0.2) is 162 Å². The molecule has 1 heteroatoms. The van der Waals surface area contributed by atoms with E-state index in [1.165, 1.54) is 65.2 Å². The minimum atomic E-state index is 0.914. The molecule has 1 heterocycles. The van der Waals surface area contributed by atoms with Gasteiger partial charge in [0.15, 0.2) is 0 Å². The van der Waals surface area contributed by atoms with Gasteiger partial charge in [-0.15, -0.1) is 0 Å². The third kappa shape index (κ3) is 3.50. The maximum Gasteiger partial charge on any atom is 0.143 e. The zero-order valence-electron chi connectivity index (χ0n) is 24.4. The van der Waals surface area contributed by atoms with E-state index in [0.29, 0.717) is 0 Å². The molecule has 0 amide bonds. The molecule has 0 atom stereocenters. The standard InChI is InChI=1S/C44H26O/c1-3-13-31-27(10-1)20-21-29-12-9-19-39(41(29)31)43-36-17-7-5-15-34(36)42(35-16-6-8-18-37(35)43)30-23-24-33-38-25-22-28-11-2-4-14-32(28)44(38)45-40(33)26-30/h1-26H. The summed E-state index contributed by atoms with van der Waals surface area (Å²) in [7, 11) is 0. The van der Waals surface area contributed by atoms with Gasteiger partial charge >= 0.3 is 0 Å². The average Bonchev–Trinajstić information content (AvgIpc) is 3.49. The second kappa shape index (κ2) is 9.29. The fourth-order valence-corrected chi connectivity index (χ4v) is 7.66. The fourth-order valence-electron chi connectivity index (χ4n) is 7.66. The van der Waals surface area contributed by atoms with Crippen LogP contribution in [0.2, 0.25) is 0 Å². The lowest BCUT2D eigenvalue weighted by atomic mass is 9.84. The van der Waals surface area contributed by atoms with Gasteiger partial charge in [0.2, 0.25) is 0 Å². The average molecular weight is 571 g/mol. The van der Waals surface area contributed by atoms with Crippen molar-refractivity contribution in [2.75, 3.05) is 0 Å². The highest BCUT2D eigenvalue weighted by molar-refractivity contribution is 6.26. The molecule has 0 spiro atoms. The maximum atomic E-state index is 6.63. The van der Waals surface area contributed by atoms with Gasteiger partial charge in [-0.2, -0.15) is 0 Å². The van der Waals surface area contributed by atoms with Crippen LogP contribution in [0.4, 0.5) is 0 Å². The molecule has 10 aromatic rings. The molecule has 9 aromatic carbocycles. The number of benzene rings is 9. The smallest absolute Gasteiger partial charge is 0.143 e. The summed E-state index contributed by atoms with van der Waals surface area (Å²) in [5.74, 6) is 0. The molecule has 1 nitrogen and oxygen atoms in total. The van der Waals surface area contributed by atoms with Crippen molar-refractivity contribution < 1.29 is 4.42 Å². The molecule has 0 unspecified atom stereocenters. The van der Waals surface area contributed by atoms with Gasteiger partial charge in [0.25, 0.3) is 0 Å². The second-order valence-electron chi connectivity index (χ2n) is 12.0. The molecular formula is C44H26O. The van der Waals surface area contributed by atoms with Crippen molar-refractivity contribution in [2.45, 2.75) is 0 Å². The molecule has 0 N–H and O–H groups in total. The first-order chi connectivity index (χ1) is 22.3. The summed E-state index contributed by atoms with van der Waals surface area (Å²) in [6.07, 6.45) is 0. The third-order valence-electron chi connectivity index (χ3n) is 9.62. The molecule has 1 aromatic heterocycles. The van der Waals surface area contributed by atoms with Crippen molar-refractivity contribution >= 4 is 75.8 Å². The van der Waals surface area contributed by atoms with Crippen molar-refractivity contribution in [3.05, 3.63) is 158 Å². The molecule has 0 saturated heterocycles. The summed E-state index contributed by atoms with van der Waals surface area (Å²) < 4.78 is 6.63. The summed E-state index contributed by atoms with van der Waals surface area (Å²) in [6.45, 7) is 0. The zero-order chi connectivity index (χ0) is 29.5. The van der Waals surface area contributed by atoms with E-state index >= 15 is 0 Å². The molecular weight excluding hydrogens is 544 g/mol. The fraction of sp³-hybridized carbons (Fsp3) is 0. The Hall–Kier alpha value is -5.92. The first-order valence-electron chi connectivity index (χ1n) is 15.5. The van der Waals surface area contributed by atoms with E-state index in [9.17, 15) is 0 Å². The van der Waals surface area contributed by atoms with Crippen LogP contribution < -0.4 is 0 Å². The highest BCUT2D eigenvalue weighted by atomic mass is 16.3. The van der Waals surface area contributed by atoms with Crippen LogP contribution in [0.25, 0.3) is 98.1 Å². The first-order valence-corrected chi connectivity index (χ1v) is 15.5. The SMILES string of the molecule is c1ccc2c(c1)ccc1c3ccc(-c4c5ccccc5c(-c5cccc6ccc7ccccc7c56)c5ccccc45)cc3oc21. The normalized spacial score (nSPS) is 12.0. The molecule has 0 fully saturated rings. The highest BCUT2D eigenvalue weighted by Gasteiger charge is 2.20.